The average Bonchev–Trinajstić information content (AvgIpc) is 2.46. The largest absolute Gasteiger partial charge is 0.489 e. The van der Waals surface area contributed by atoms with E-state index in [4.69, 9.17) is 4.74 Å². The number of hydrogen-bond acceptors (Lipinski definition) is 3. The number of esters is 1. The van der Waals surface area contributed by atoms with Gasteiger partial charge in [0, 0.05) is 0 Å². The predicted molar refractivity (Wildman–Crippen MR) is 73.3 cm³/mol. The van der Waals surface area contributed by atoms with Crippen LogP contribution in [0, 0.1) is 6.92 Å². The molecule has 0 saturated carbocycles. The molecule has 0 radical (unpaired) electrons. The predicted octanol–water partition coefficient (Wildman–Crippen LogP) is 3.36. The Kier molecular flexibility index (Phi) is 4.18. The molecule has 0 heterocycles. The van der Waals surface area contributed by atoms with Gasteiger partial charge in [0.2, 0.25) is 0 Å². The molecule has 0 aliphatic carbocycles. The van der Waals surface area contributed by atoms with Crippen LogP contribution in [0.5, 0.6) is 5.75 Å². The van der Waals surface area contributed by atoms with E-state index in [1.807, 2.05) is 12.1 Å². The van der Waals surface area contributed by atoms with Crippen molar-refractivity contribution in [2.45, 2.75) is 13.5 Å². The molecule has 0 amide bonds. The topological polar surface area (TPSA) is 35.5 Å². The van der Waals surface area contributed by atoms with Gasteiger partial charge in [0.1, 0.15) is 12.4 Å². The van der Waals surface area contributed by atoms with Gasteiger partial charge in [-0.25, -0.2) is 4.79 Å². The summed E-state index contributed by atoms with van der Waals surface area (Å²) >= 11 is 0. The van der Waals surface area contributed by atoms with Gasteiger partial charge in [-0.3, -0.25) is 0 Å². The molecule has 0 spiro atoms. The zero-order valence-corrected chi connectivity index (χ0v) is 11.1. The van der Waals surface area contributed by atoms with Gasteiger partial charge in [-0.15, -0.1) is 0 Å². The Balaban J connectivity index is 1.96. The molecule has 0 saturated heterocycles. The summed E-state index contributed by atoms with van der Waals surface area (Å²) in [7, 11) is 1.37. The summed E-state index contributed by atoms with van der Waals surface area (Å²) < 4.78 is 10.3. The van der Waals surface area contributed by atoms with E-state index in [0.29, 0.717) is 12.2 Å². The van der Waals surface area contributed by atoms with Crippen molar-refractivity contribution in [2.75, 3.05) is 7.11 Å². The second kappa shape index (κ2) is 6.05. The number of methoxy groups -OCH3 is 1. The minimum Gasteiger partial charge on any atom is -0.489 e. The van der Waals surface area contributed by atoms with Gasteiger partial charge in [-0.1, -0.05) is 29.8 Å². The summed E-state index contributed by atoms with van der Waals surface area (Å²) in [6.07, 6.45) is 0. The highest BCUT2D eigenvalue weighted by atomic mass is 16.5. The van der Waals surface area contributed by atoms with Crippen molar-refractivity contribution in [3.05, 3.63) is 65.2 Å². The number of ether oxygens (including phenoxy) is 2. The number of aryl methyl sites for hydroxylation is 1. The van der Waals surface area contributed by atoms with E-state index in [9.17, 15) is 4.79 Å². The Hall–Kier alpha value is -2.29. The van der Waals surface area contributed by atoms with Crippen molar-refractivity contribution in [2.24, 2.45) is 0 Å². The number of carbonyl (C=O) groups is 1. The fourth-order valence-corrected chi connectivity index (χ4v) is 1.66. The highest BCUT2D eigenvalue weighted by Crippen LogP contribution is 2.15. The zero-order chi connectivity index (χ0) is 13.7. The summed E-state index contributed by atoms with van der Waals surface area (Å²) in [6.45, 7) is 2.56. The smallest absolute Gasteiger partial charge is 0.337 e. The molecule has 0 aromatic heterocycles. The highest BCUT2D eigenvalue weighted by Gasteiger charge is 2.04. The molecule has 0 aliphatic rings. The first-order valence-corrected chi connectivity index (χ1v) is 6.06. The standard InChI is InChI=1S/C16H16O3/c1-12-3-5-13(6-4-12)11-19-15-9-7-14(8-10-15)16(17)18-2/h3-10H,11H2,1-2H3. The number of rotatable bonds is 4. The quantitative estimate of drug-likeness (QED) is 0.787. The van der Waals surface area contributed by atoms with Crippen LogP contribution < -0.4 is 4.74 Å². The molecule has 0 fully saturated rings. The van der Waals surface area contributed by atoms with Crippen LogP contribution in [0.25, 0.3) is 0 Å². The van der Waals surface area contributed by atoms with Gasteiger partial charge in [0.25, 0.3) is 0 Å². The van der Waals surface area contributed by atoms with Crippen LogP contribution >= 0.6 is 0 Å². The van der Waals surface area contributed by atoms with Crippen molar-refractivity contribution in [1.82, 2.24) is 0 Å². The van der Waals surface area contributed by atoms with Crippen molar-refractivity contribution in [3.8, 4) is 5.75 Å². The molecule has 0 N–H and O–H groups in total. The van der Waals surface area contributed by atoms with E-state index < -0.39 is 0 Å². The van der Waals surface area contributed by atoms with Gasteiger partial charge in [-0.2, -0.15) is 0 Å². The Labute approximate surface area is 112 Å². The summed E-state index contributed by atoms with van der Waals surface area (Å²) in [5.74, 6) is 0.387. The van der Waals surface area contributed by atoms with Gasteiger partial charge in [-0.05, 0) is 36.8 Å². The van der Waals surface area contributed by atoms with Crippen LogP contribution in [0.2, 0.25) is 0 Å². The monoisotopic (exact) mass is 256 g/mol. The third kappa shape index (κ3) is 3.58. The first-order valence-electron chi connectivity index (χ1n) is 6.06. The summed E-state index contributed by atoms with van der Waals surface area (Å²) in [6, 6.07) is 15.1. The molecule has 2 aromatic rings. The fourth-order valence-electron chi connectivity index (χ4n) is 1.66. The molecule has 3 nitrogen and oxygen atoms in total. The van der Waals surface area contributed by atoms with Gasteiger partial charge in [0.05, 0.1) is 12.7 Å². The van der Waals surface area contributed by atoms with Crippen molar-refractivity contribution >= 4 is 5.97 Å². The van der Waals surface area contributed by atoms with E-state index in [2.05, 4.69) is 23.8 Å². The first kappa shape index (κ1) is 13.1. The normalized spacial score (nSPS) is 10.0. The van der Waals surface area contributed by atoms with Crippen LogP contribution in [-0.4, -0.2) is 13.1 Å². The molecule has 98 valence electrons. The molecule has 0 aliphatic heterocycles. The maximum Gasteiger partial charge on any atom is 0.337 e. The molecular weight excluding hydrogens is 240 g/mol. The Morgan fingerprint density at radius 2 is 1.63 bits per heavy atom. The van der Waals surface area contributed by atoms with Gasteiger partial charge < -0.3 is 9.47 Å². The lowest BCUT2D eigenvalue weighted by atomic mass is 10.2. The lowest BCUT2D eigenvalue weighted by molar-refractivity contribution is 0.0600. The van der Waals surface area contributed by atoms with E-state index in [0.717, 1.165) is 11.3 Å². The van der Waals surface area contributed by atoms with Crippen molar-refractivity contribution in [1.29, 1.82) is 0 Å². The average molecular weight is 256 g/mol. The van der Waals surface area contributed by atoms with Gasteiger partial charge >= 0.3 is 5.97 Å². The molecular formula is C16H16O3. The Morgan fingerprint density at radius 1 is 1.00 bits per heavy atom. The molecule has 0 unspecified atom stereocenters. The first-order chi connectivity index (χ1) is 9.19. The third-order valence-electron chi connectivity index (χ3n) is 2.80. The SMILES string of the molecule is COC(=O)c1ccc(OCc2ccc(C)cc2)cc1. The van der Waals surface area contributed by atoms with E-state index >= 15 is 0 Å². The van der Waals surface area contributed by atoms with Crippen LogP contribution in [0.3, 0.4) is 0 Å². The van der Waals surface area contributed by atoms with Crippen LogP contribution in [0.4, 0.5) is 0 Å². The lowest BCUT2D eigenvalue weighted by Gasteiger charge is -2.07. The number of carbonyl (C=O) groups excluding carboxylic acids is 1. The summed E-state index contributed by atoms with van der Waals surface area (Å²) in [5.41, 5.74) is 2.86. The summed E-state index contributed by atoms with van der Waals surface area (Å²) in [5, 5.41) is 0. The van der Waals surface area contributed by atoms with E-state index in [-0.39, 0.29) is 5.97 Å². The molecule has 3 heteroatoms. The highest BCUT2D eigenvalue weighted by molar-refractivity contribution is 5.89. The molecule has 0 bridgehead atoms. The van der Waals surface area contributed by atoms with E-state index in [1.54, 1.807) is 24.3 Å². The fraction of sp³-hybridized carbons (Fsp3) is 0.188. The molecule has 0 atom stereocenters. The maximum atomic E-state index is 11.3. The minimum absolute atomic E-state index is 0.343. The molecule has 2 aromatic carbocycles. The Bertz CT molecular complexity index is 541. The van der Waals surface area contributed by atoms with Crippen LogP contribution in [-0.2, 0) is 11.3 Å². The van der Waals surface area contributed by atoms with Crippen LogP contribution in [0.15, 0.2) is 48.5 Å². The third-order valence-corrected chi connectivity index (χ3v) is 2.80. The molecule has 2 rings (SSSR count). The van der Waals surface area contributed by atoms with Crippen LogP contribution in [0.1, 0.15) is 21.5 Å². The van der Waals surface area contributed by atoms with Crippen molar-refractivity contribution in [3.63, 3.8) is 0 Å². The maximum absolute atomic E-state index is 11.3. The number of hydrogen-bond donors (Lipinski definition) is 0. The Morgan fingerprint density at radius 3 is 2.21 bits per heavy atom. The second-order valence-electron chi connectivity index (χ2n) is 4.29. The minimum atomic E-state index is -0.343. The zero-order valence-electron chi connectivity index (χ0n) is 11.1. The summed E-state index contributed by atoms with van der Waals surface area (Å²) in [4.78, 5) is 11.3. The van der Waals surface area contributed by atoms with Crippen molar-refractivity contribution < 1.29 is 14.3 Å². The lowest BCUT2D eigenvalue weighted by Crippen LogP contribution is -2.01. The van der Waals surface area contributed by atoms with E-state index in [1.165, 1.54) is 12.7 Å². The molecule has 19 heavy (non-hydrogen) atoms. The van der Waals surface area contributed by atoms with Gasteiger partial charge in [0.15, 0.2) is 0 Å². The number of benzene rings is 2. The second-order valence-corrected chi connectivity index (χ2v) is 4.29.